The first-order valence-electron chi connectivity index (χ1n) is 7.24. The molecule has 0 saturated heterocycles. The Morgan fingerprint density at radius 1 is 1.14 bits per heavy atom. The zero-order chi connectivity index (χ0) is 15.1. The van der Waals surface area contributed by atoms with Gasteiger partial charge in [0, 0.05) is 30.0 Å². The molecule has 0 fully saturated rings. The Morgan fingerprint density at radius 3 is 2.43 bits per heavy atom. The van der Waals surface area contributed by atoms with Crippen molar-refractivity contribution in [2.45, 2.75) is 26.0 Å². The molecule has 1 aromatic heterocycles. The highest BCUT2D eigenvalue weighted by atomic mass is 79.9. The van der Waals surface area contributed by atoms with Crippen molar-refractivity contribution >= 4 is 15.9 Å². The highest BCUT2D eigenvalue weighted by Gasteiger charge is 2.10. The Balaban J connectivity index is 1.86. The van der Waals surface area contributed by atoms with E-state index in [1.807, 2.05) is 48.8 Å². The number of benzene rings is 1. The number of pyridine rings is 1. The summed E-state index contributed by atoms with van der Waals surface area (Å²) in [7, 11) is 0. The van der Waals surface area contributed by atoms with Crippen LogP contribution in [0.5, 0.6) is 0 Å². The second kappa shape index (κ2) is 8.27. The standard InChI is InChI=1S/C17H21BrN2O/c1-2-20(13-14-7-10-19-11-8-14)12-9-17(21)15-3-5-16(18)6-4-15/h3-8,10-11,17,21H,2,9,12-13H2,1H3. The first-order chi connectivity index (χ1) is 10.2. The lowest BCUT2D eigenvalue weighted by Crippen LogP contribution is -2.25. The quantitative estimate of drug-likeness (QED) is 0.826. The van der Waals surface area contributed by atoms with Crippen molar-refractivity contribution in [3.8, 4) is 0 Å². The van der Waals surface area contributed by atoms with E-state index < -0.39 is 6.10 Å². The van der Waals surface area contributed by atoms with Gasteiger partial charge in [0.25, 0.3) is 0 Å². The van der Waals surface area contributed by atoms with Crippen LogP contribution < -0.4 is 0 Å². The molecule has 0 spiro atoms. The topological polar surface area (TPSA) is 36.4 Å². The van der Waals surface area contributed by atoms with Crippen LogP contribution in [0.15, 0.2) is 53.3 Å². The third kappa shape index (κ3) is 5.23. The number of aromatic nitrogens is 1. The molecule has 0 saturated carbocycles. The molecule has 4 heteroatoms. The number of rotatable bonds is 7. The largest absolute Gasteiger partial charge is 0.388 e. The molecule has 112 valence electrons. The van der Waals surface area contributed by atoms with Crippen molar-refractivity contribution in [1.82, 2.24) is 9.88 Å². The highest BCUT2D eigenvalue weighted by Crippen LogP contribution is 2.20. The zero-order valence-corrected chi connectivity index (χ0v) is 13.8. The summed E-state index contributed by atoms with van der Waals surface area (Å²) < 4.78 is 1.03. The predicted octanol–water partition coefficient (Wildman–Crippen LogP) is 3.79. The van der Waals surface area contributed by atoms with Crippen LogP contribution in [-0.2, 0) is 6.54 Å². The first kappa shape index (κ1) is 16.1. The molecule has 1 unspecified atom stereocenters. The molecular formula is C17H21BrN2O. The summed E-state index contributed by atoms with van der Waals surface area (Å²) >= 11 is 3.41. The molecular weight excluding hydrogens is 328 g/mol. The van der Waals surface area contributed by atoms with Gasteiger partial charge in [0.2, 0.25) is 0 Å². The number of hydrogen-bond acceptors (Lipinski definition) is 3. The van der Waals surface area contributed by atoms with Crippen molar-refractivity contribution in [2.24, 2.45) is 0 Å². The summed E-state index contributed by atoms with van der Waals surface area (Å²) in [5.41, 5.74) is 2.23. The van der Waals surface area contributed by atoms with Crippen molar-refractivity contribution in [2.75, 3.05) is 13.1 Å². The van der Waals surface area contributed by atoms with Gasteiger partial charge in [-0.05, 0) is 48.4 Å². The summed E-state index contributed by atoms with van der Waals surface area (Å²) in [5.74, 6) is 0. The predicted molar refractivity (Wildman–Crippen MR) is 88.9 cm³/mol. The third-order valence-corrected chi connectivity index (χ3v) is 4.10. The van der Waals surface area contributed by atoms with Crippen LogP contribution in [-0.4, -0.2) is 28.1 Å². The monoisotopic (exact) mass is 348 g/mol. The number of nitrogens with zero attached hydrogens (tertiary/aromatic N) is 2. The van der Waals surface area contributed by atoms with Crippen LogP contribution in [0, 0.1) is 0 Å². The molecule has 0 aliphatic rings. The zero-order valence-electron chi connectivity index (χ0n) is 12.2. The third-order valence-electron chi connectivity index (χ3n) is 3.58. The fraction of sp³-hybridized carbons (Fsp3) is 0.353. The van der Waals surface area contributed by atoms with Crippen LogP contribution in [0.3, 0.4) is 0 Å². The van der Waals surface area contributed by atoms with Crippen molar-refractivity contribution in [3.05, 3.63) is 64.4 Å². The molecule has 1 heterocycles. The fourth-order valence-electron chi connectivity index (χ4n) is 2.25. The van der Waals surface area contributed by atoms with Gasteiger partial charge >= 0.3 is 0 Å². The molecule has 2 aromatic rings. The minimum Gasteiger partial charge on any atom is -0.388 e. The molecule has 0 aliphatic heterocycles. The minimum absolute atomic E-state index is 0.412. The SMILES string of the molecule is CCN(CCC(O)c1ccc(Br)cc1)Cc1ccncc1. The molecule has 21 heavy (non-hydrogen) atoms. The van der Waals surface area contributed by atoms with Crippen LogP contribution >= 0.6 is 15.9 Å². The van der Waals surface area contributed by atoms with E-state index in [1.54, 1.807) is 0 Å². The van der Waals surface area contributed by atoms with Crippen LogP contribution in [0.1, 0.15) is 30.6 Å². The second-order valence-electron chi connectivity index (χ2n) is 5.08. The Bertz CT molecular complexity index is 530. The summed E-state index contributed by atoms with van der Waals surface area (Å²) in [5, 5.41) is 10.3. The molecule has 1 aromatic carbocycles. The molecule has 2 rings (SSSR count). The number of hydrogen-bond donors (Lipinski definition) is 1. The van der Waals surface area contributed by atoms with E-state index in [2.05, 4.69) is 32.7 Å². The van der Waals surface area contributed by atoms with E-state index in [1.165, 1.54) is 5.56 Å². The van der Waals surface area contributed by atoms with E-state index in [0.717, 1.165) is 36.1 Å². The van der Waals surface area contributed by atoms with Gasteiger partial charge in [-0.3, -0.25) is 9.88 Å². The molecule has 0 amide bonds. The average molecular weight is 349 g/mol. The number of aliphatic hydroxyl groups excluding tert-OH is 1. The van der Waals surface area contributed by atoms with Gasteiger partial charge in [0.05, 0.1) is 6.10 Å². The van der Waals surface area contributed by atoms with Crippen LogP contribution in [0.4, 0.5) is 0 Å². The van der Waals surface area contributed by atoms with E-state index in [-0.39, 0.29) is 0 Å². The molecule has 0 bridgehead atoms. The number of halogens is 1. The summed E-state index contributed by atoms with van der Waals surface area (Å²) in [6.07, 6.45) is 3.96. The lowest BCUT2D eigenvalue weighted by molar-refractivity contribution is 0.141. The lowest BCUT2D eigenvalue weighted by atomic mass is 10.1. The second-order valence-corrected chi connectivity index (χ2v) is 6.00. The maximum atomic E-state index is 10.3. The van der Waals surface area contributed by atoms with Gasteiger partial charge in [-0.1, -0.05) is 35.0 Å². The molecule has 0 aliphatic carbocycles. The summed E-state index contributed by atoms with van der Waals surface area (Å²) in [6.45, 7) is 4.88. The van der Waals surface area contributed by atoms with Crippen molar-refractivity contribution in [3.63, 3.8) is 0 Å². The van der Waals surface area contributed by atoms with Crippen molar-refractivity contribution in [1.29, 1.82) is 0 Å². The summed E-state index contributed by atoms with van der Waals surface area (Å²) in [6, 6.07) is 11.9. The van der Waals surface area contributed by atoms with E-state index in [0.29, 0.717) is 0 Å². The summed E-state index contributed by atoms with van der Waals surface area (Å²) in [4.78, 5) is 6.37. The minimum atomic E-state index is -0.412. The Morgan fingerprint density at radius 2 is 1.81 bits per heavy atom. The van der Waals surface area contributed by atoms with Crippen LogP contribution in [0.2, 0.25) is 0 Å². The average Bonchev–Trinajstić information content (AvgIpc) is 2.52. The van der Waals surface area contributed by atoms with Gasteiger partial charge in [-0.2, -0.15) is 0 Å². The van der Waals surface area contributed by atoms with E-state index in [9.17, 15) is 5.11 Å². The Kier molecular flexibility index (Phi) is 6.36. The molecule has 1 N–H and O–H groups in total. The van der Waals surface area contributed by atoms with Gasteiger partial charge in [-0.25, -0.2) is 0 Å². The number of aliphatic hydroxyl groups is 1. The first-order valence-corrected chi connectivity index (χ1v) is 8.03. The lowest BCUT2D eigenvalue weighted by Gasteiger charge is -2.22. The molecule has 3 nitrogen and oxygen atoms in total. The van der Waals surface area contributed by atoms with Gasteiger partial charge in [-0.15, -0.1) is 0 Å². The Labute approximate surface area is 134 Å². The van der Waals surface area contributed by atoms with Gasteiger partial charge in [0.15, 0.2) is 0 Å². The highest BCUT2D eigenvalue weighted by molar-refractivity contribution is 9.10. The van der Waals surface area contributed by atoms with E-state index in [4.69, 9.17) is 0 Å². The molecule has 1 atom stereocenters. The maximum Gasteiger partial charge on any atom is 0.0802 e. The van der Waals surface area contributed by atoms with Gasteiger partial charge in [0.1, 0.15) is 0 Å². The Hall–Kier alpha value is -1.23. The maximum absolute atomic E-state index is 10.3. The molecule has 0 radical (unpaired) electrons. The fourth-order valence-corrected chi connectivity index (χ4v) is 2.52. The van der Waals surface area contributed by atoms with Gasteiger partial charge < -0.3 is 5.11 Å². The normalized spacial score (nSPS) is 12.6. The van der Waals surface area contributed by atoms with Crippen molar-refractivity contribution < 1.29 is 5.11 Å². The smallest absolute Gasteiger partial charge is 0.0802 e. The van der Waals surface area contributed by atoms with Crippen LogP contribution in [0.25, 0.3) is 0 Å². The van der Waals surface area contributed by atoms with E-state index >= 15 is 0 Å².